The largest absolute Gasteiger partial charge is 0.388 e. The first-order valence-electron chi connectivity index (χ1n) is 7.53. The first-order chi connectivity index (χ1) is 9.08. The predicted molar refractivity (Wildman–Crippen MR) is 80.0 cm³/mol. The summed E-state index contributed by atoms with van der Waals surface area (Å²) in [6.45, 7) is 10.2. The zero-order valence-electron chi connectivity index (χ0n) is 12.4. The summed E-state index contributed by atoms with van der Waals surface area (Å²) in [4.78, 5) is 2.52. The van der Waals surface area contributed by atoms with E-state index in [1.807, 2.05) is 30.3 Å². The molecule has 0 amide bonds. The van der Waals surface area contributed by atoms with Crippen LogP contribution in [0, 0.1) is 17.8 Å². The number of nitrogens with zero attached hydrogens (tertiary/aromatic N) is 1. The van der Waals surface area contributed by atoms with Gasteiger partial charge < -0.3 is 10.0 Å². The van der Waals surface area contributed by atoms with Crippen LogP contribution in [0.2, 0.25) is 0 Å². The molecule has 19 heavy (non-hydrogen) atoms. The quantitative estimate of drug-likeness (QED) is 0.879. The highest BCUT2D eigenvalue weighted by molar-refractivity contribution is 5.17. The van der Waals surface area contributed by atoms with Gasteiger partial charge in [-0.1, -0.05) is 51.1 Å². The Balaban J connectivity index is 1.86. The molecule has 0 spiro atoms. The number of aliphatic hydroxyl groups is 1. The smallest absolute Gasteiger partial charge is 0.0827 e. The van der Waals surface area contributed by atoms with Crippen LogP contribution >= 0.6 is 0 Å². The van der Waals surface area contributed by atoms with Crippen LogP contribution < -0.4 is 0 Å². The van der Waals surface area contributed by atoms with Crippen molar-refractivity contribution >= 4 is 0 Å². The molecule has 1 aliphatic rings. The van der Waals surface area contributed by atoms with E-state index in [-0.39, 0.29) is 12.0 Å². The second-order valence-electron chi connectivity index (χ2n) is 6.39. The molecule has 0 radical (unpaired) electrons. The molecule has 1 heterocycles. The standard InChI is InChI=1S/C17H27NO/c1-13(2)16-9-10-18(12-16)11-14(3)17(19)15-7-5-4-6-8-15/h4-8,13-14,16-17,19H,9-12H2,1-3H3. The molecule has 0 aliphatic carbocycles. The van der Waals surface area contributed by atoms with Crippen LogP contribution in [0.4, 0.5) is 0 Å². The number of benzene rings is 1. The maximum atomic E-state index is 10.4. The van der Waals surface area contributed by atoms with Gasteiger partial charge >= 0.3 is 0 Å². The highest BCUT2D eigenvalue weighted by Crippen LogP contribution is 2.27. The van der Waals surface area contributed by atoms with Gasteiger partial charge in [0.05, 0.1) is 6.10 Å². The number of hydrogen-bond acceptors (Lipinski definition) is 2. The van der Waals surface area contributed by atoms with Crippen molar-refractivity contribution in [1.29, 1.82) is 0 Å². The summed E-state index contributed by atoms with van der Waals surface area (Å²) in [5.41, 5.74) is 1.04. The Bertz CT molecular complexity index is 376. The van der Waals surface area contributed by atoms with Gasteiger partial charge in [-0.05, 0) is 36.3 Å². The Morgan fingerprint density at radius 2 is 1.89 bits per heavy atom. The van der Waals surface area contributed by atoms with E-state index in [9.17, 15) is 5.11 Å². The van der Waals surface area contributed by atoms with Crippen LogP contribution in [-0.2, 0) is 0 Å². The minimum Gasteiger partial charge on any atom is -0.388 e. The lowest BCUT2D eigenvalue weighted by Crippen LogP contribution is -2.29. The molecule has 1 fully saturated rings. The zero-order chi connectivity index (χ0) is 13.8. The van der Waals surface area contributed by atoms with Gasteiger partial charge in [-0.15, -0.1) is 0 Å². The van der Waals surface area contributed by atoms with E-state index >= 15 is 0 Å². The molecule has 0 bridgehead atoms. The van der Waals surface area contributed by atoms with Crippen molar-refractivity contribution in [2.24, 2.45) is 17.8 Å². The van der Waals surface area contributed by atoms with Crippen LogP contribution in [0.1, 0.15) is 38.9 Å². The molecule has 0 aromatic heterocycles. The first kappa shape index (κ1) is 14.5. The third kappa shape index (κ3) is 3.80. The van der Waals surface area contributed by atoms with Crippen molar-refractivity contribution < 1.29 is 5.11 Å². The lowest BCUT2D eigenvalue weighted by atomic mass is 9.95. The summed E-state index contributed by atoms with van der Waals surface area (Å²) in [7, 11) is 0. The van der Waals surface area contributed by atoms with E-state index in [0.717, 1.165) is 23.9 Å². The number of likely N-dealkylation sites (tertiary alicyclic amines) is 1. The molecule has 106 valence electrons. The van der Waals surface area contributed by atoms with Gasteiger partial charge in [0.2, 0.25) is 0 Å². The number of hydrogen-bond donors (Lipinski definition) is 1. The van der Waals surface area contributed by atoms with Gasteiger partial charge in [-0.2, -0.15) is 0 Å². The molecule has 2 nitrogen and oxygen atoms in total. The fraction of sp³-hybridized carbons (Fsp3) is 0.647. The summed E-state index contributed by atoms with van der Waals surface area (Å²) < 4.78 is 0. The average molecular weight is 261 g/mol. The highest BCUT2D eigenvalue weighted by atomic mass is 16.3. The lowest BCUT2D eigenvalue weighted by molar-refractivity contribution is 0.0930. The molecule has 2 heteroatoms. The predicted octanol–water partition coefficient (Wildman–Crippen LogP) is 3.33. The molecule has 1 aliphatic heterocycles. The second-order valence-corrected chi connectivity index (χ2v) is 6.39. The van der Waals surface area contributed by atoms with E-state index in [0.29, 0.717) is 0 Å². The third-order valence-electron chi connectivity index (χ3n) is 4.48. The minimum absolute atomic E-state index is 0.285. The van der Waals surface area contributed by atoms with Crippen molar-refractivity contribution in [1.82, 2.24) is 4.90 Å². The molecule has 1 N–H and O–H groups in total. The Morgan fingerprint density at radius 3 is 2.47 bits per heavy atom. The van der Waals surface area contributed by atoms with E-state index < -0.39 is 0 Å². The SMILES string of the molecule is CC(C)C1CCN(CC(C)C(O)c2ccccc2)C1. The summed E-state index contributed by atoms with van der Waals surface area (Å²) >= 11 is 0. The minimum atomic E-state index is -0.348. The summed E-state index contributed by atoms with van der Waals surface area (Å²) in [6.07, 6.45) is 0.963. The molecule has 3 unspecified atom stereocenters. The molecular weight excluding hydrogens is 234 g/mol. The van der Waals surface area contributed by atoms with Gasteiger partial charge in [-0.25, -0.2) is 0 Å². The first-order valence-corrected chi connectivity index (χ1v) is 7.53. The van der Waals surface area contributed by atoms with Gasteiger partial charge in [0, 0.05) is 13.1 Å². The lowest BCUT2D eigenvalue weighted by Gasteiger charge is -2.25. The van der Waals surface area contributed by atoms with Crippen molar-refractivity contribution in [3.05, 3.63) is 35.9 Å². The molecule has 1 aromatic carbocycles. The summed E-state index contributed by atoms with van der Waals surface area (Å²) in [5, 5.41) is 10.4. The average Bonchev–Trinajstić information content (AvgIpc) is 2.87. The van der Waals surface area contributed by atoms with E-state index in [1.54, 1.807) is 0 Å². The van der Waals surface area contributed by atoms with E-state index in [4.69, 9.17) is 0 Å². The molecular formula is C17H27NO. The van der Waals surface area contributed by atoms with Gasteiger partial charge in [0.1, 0.15) is 0 Å². The molecule has 0 saturated carbocycles. The monoisotopic (exact) mass is 261 g/mol. The Morgan fingerprint density at radius 1 is 1.21 bits per heavy atom. The Kier molecular flexibility index (Phi) is 5.00. The Hall–Kier alpha value is -0.860. The summed E-state index contributed by atoms with van der Waals surface area (Å²) in [6, 6.07) is 10.0. The van der Waals surface area contributed by atoms with Gasteiger partial charge in [0.25, 0.3) is 0 Å². The fourth-order valence-corrected chi connectivity index (χ4v) is 3.06. The van der Waals surface area contributed by atoms with Crippen LogP contribution in [0.15, 0.2) is 30.3 Å². The number of aliphatic hydroxyl groups excluding tert-OH is 1. The van der Waals surface area contributed by atoms with Crippen molar-refractivity contribution in [2.45, 2.75) is 33.3 Å². The molecule has 3 atom stereocenters. The van der Waals surface area contributed by atoms with Crippen LogP contribution in [0.5, 0.6) is 0 Å². The normalized spacial score (nSPS) is 23.7. The van der Waals surface area contributed by atoms with E-state index in [1.165, 1.54) is 19.5 Å². The fourth-order valence-electron chi connectivity index (χ4n) is 3.06. The number of rotatable bonds is 5. The van der Waals surface area contributed by atoms with Crippen LogP contribution in [0.25, 0.3) is 0 Å². The topological polar surface area (TPSA) is 23.5 Å². The van der Waals surface area contributed by atoms with Gasteiger partial charge in [-0.3, -0.25) is 0 Å². The highest BCUT2D eigenvalue weighted by Gasteiger charge is 2.27. The van der Waals surface area contributed by atoms with Crippen LogP contribution in [-0.4, -0.2) is 29.6 Å². The molecule has 1 aromatic rings. The Labute approximate surface area is 117 Å². The van der Waals surface area contributed by atoms with Crippen molar-refractivity contribution in [3.8, 4) is 0 Å². The third-order valence-corrected chi connectivity index (χ3v) is 4.48. The zero-order valence-corrected chi connectivity index (χ0v) is 12.4. The second kappa shape index (κ2) is 6.53. The van der Waals surface area contributed by atoms with Crippen molar-refractivity contribution in [2.75, 3.05) is 19.6 Å². The maximum absolute atomic E-state index is 10.4. The summed E-state index contributed by atoms with van der Waals surface area (Å²) in [5.74, 6) is 1.90. The van der Waals surface area contributed by atoms with Gasteiger partial charge in [0.15, 0.2) is 0 Å². The van der Waals surface area contributed by atoms with E-state index in [2.05, 4.69) is 25.7 Å². The molecule has 2 rings (SSSR count). The molecule has 1 saturated heterocycles. The van der Waals surface area contributed by atoms with Crippen molar-refractivity contribution in [3.63, 3.8) is 0 Å². The van der Waals surface area contributed by atoms with Crippen LogP contribution in [0.3, 0.4) is 0 Å². The maximum Gasteiger partial charge on any atom is 0.0827 e.